The van der Waals surface area contributed by atoms with E-state index in [9.17, 15) is 27.9 Å². The summed E-state index contributed by atoms with van der Waals surface area (Å²) in [6.45, 7) is -0.165. The summed E-state index contributed by atoms with van der Waals surface area (Å²) in [7, 11) is -1.94. The molecule has 0 saturated heterocycles. The maximum absolute atomic E-state index is 13.1. The van der Waals surface area contributed by atoms with Crippen molar-refractivity contribution < 1.29 is 18.3 Å². The Hall–Kier alpha value is -2.72. The van der Waals surface area contributed by atoms with Crippen molar-refractivity contribution in [3.8, 4) is 0 Å². The van der Waals surface area contributed by atoms with Crippen LogP contribution in [0.25, 0.3) is 0 Å². The number of aliphatic carboxylic acids is 1. The maximum atomic E-state index is 13.1. The topological polar surface area (TPSA) is 119 Å². The summed E-state index contributed by atoms with van der Waals surface area (Å²) in [5.41, 5.74) is -0.237. The molecule has 1 aliphatic heterocycles. The molecule has 2 heterocycles. The van der Waals surface area contributed by atoms with Crippen molar-refractivity contribution in [3.05, 3.63) is 62.4 Å². The van der Waals surface area contributed by atoms with E-state index in [0.717, 1.165) is 20.6 Å². The van der Waals surface area contributed by atoms with Crippen molar-refractivity contribution in [2.24, 2.45) is 14.1 Å². The number of carboxylic acid groups (broad SMARTS) is 1. The van der Waals surface area contributed by atoms with Crippen LogP contribution in [0, 0.1) is 0 Å². The van der Waals surface area contributed by atoms with E-state index in [1.807, 2.05) is 0 Å². The molecule has 1 aromatic carbocycles. The molecule has 0 saturated carbocycles. The molecule has 0 spiro atoms. The van der Waals surface area contributed by atoms with Gasteiger partial charge in [0.05, 0.1) is 0 Å². The van der Waals surface area contributed by atoms with Crippen molar-refractivity contribution >= 4 is 16.0 Å². The number of hydrogen-bond acceptors (Lipinski definition) is 5. The van der Waals surface area contributed by atoms with E-state index in [1.54, 1.807) is 24.3 Å². The molecule has 1 aromatic heterocycles. The highest BCUT2D eigenvalue weighted by Crippen LogP contribution is 2.28. The van der Waals surface area contributed by atoms with Crippen molar-refractivity contribution in [1.29, 1.82) is 0 Å². The lowest BCUT2D eigenvalue weighted by Gasteiger charge is -2.33. The predicted molar refractivity (Wildman–Crippen MR) is 91.2 cm³/mol. The van der Waals surface area contributed by atoms with Crippen molar-refractivity contribution in [3.63, 3.8) is 0 Å². The minimum Gasteiger partial charge on any atom is -0.480 e. The van der Waals surface area contributed by atoms with Gasteiger partial charge in [0.15, 0.2) is 4.90 Å². The first-order chi connectivity index (χ1) is 12.1. The highest BCUT2D eigenvalue weighted by molar-refractivity contribution is 7.89. The molecule has 1 aliphatic rings. The summed E-state index contributed by atoms with van der Waals surface area (Å²) in [6.07, 6.45) is 0.927. The molecule has 9 nitrogen and oxygen atoms in total. The summed E-state index contributed by atoms with van der Waals surface area (Å²) in [5, 5.41) is 9.52. The number of aryl methyl sites for hydroxylation is 1. The fourth-order valence-electron chi connectivity index (χ4n) is 3.04. The summed E-state index contributed by atoms with van der Waals surface area (Å²) in [5.74, 6) is -1.30. The van der Waals surface area contributed by atoms with E-state index >= 15 is 0 Å². The molecule has 0 unspecified atom stereocenters. The fraction of sp³-hybridized carbons (Fsp3) is 0.312. The molecule has 2 aromatic rings. The van der Waals surface area contributed by atoms with Gasteiger partial charge in [-0.2, -0.15) is 4.31 Å². The van der Waals surface area contributed by atoms with Gasteiger partial charge in [-0.05, 0) is 11.1 Å². The van der Waals surface area contributed by atoms with Crippen LogP contribution in [-0.4, -0.2) is 39.0 Å². The number of aromatic nitrogens is 2. The molecule has 0 amide bonds. The maximum Gasteiger partial charge on any atom is 0.330 e. The number of carbonyl (C=O) groups is 1. The Kier molecular flexibility index (Phi) is 4.32. The van der Waals surface area contributed by atoms with Gasteiger partial charge in [0.1, 0.15) is 6.04 Å². The lowest BCUT2D eigenvalue weighted by molar-refractivity contribution is -0.141. The molecule has 1 atom stereocenters. The van der Waals surface area contributed by atoms with Gasteiger partial charge in [-0.1, -0.05) is 24.3 Å². The second-order valence-corrected chi connectivity index (χ2v) is 7.99. The number of hydrogen-bond donors (Lipinski definition) is 1. The summed E-state index contributed by atoms with van der Waals surface area (Å²) in [6, 6.07) is 5.62. The molecule has 138 valence electrons. The summed E-state index contributed by atoms with van der Waals surface area (Å²) in [4.78, 5) is 35.2. The molecule has 0 aliphatic carbocycles. The molecule has 26 heavy (non-hydrogen) atoms. The predicted octanol–water partition coefficient (Wildman–Crippen LogP) is -0.716. The van der Waals surface area contributed by atoms with E-state index < -0.39 is 38.2 Å². The zero-order valence-corrected chi connectivity index (χ0v) is 14.9. The Morgan fingerprint density at radius 2 is 1.77 bits per heavy atom. The van der Waals surface area contributed by atoms with Gasteiger partial charge in [0, 0.05) is 33.3 Å². The third-order valence-corrected chi connectivity index (χ3v) is 6.33. The van der Waals surface area contributed by atoms with Gasteiger partial charge >= 0.3 is 11.7 Å². The summed E-state index contributed by atoms with van der Waals surface area (Å²) < 4.78 is 28.6. The van der Waals surface area contributed by atoms with Crippen LogP contribution >= 0.6 is 0 Å². The molecular formula is C16H17N3O6S. The SMILES string of the molecule is Cn1cc(S(=O)(=O)N2Cc3ccccc3C[C@@H]2C(=O)O)c(=O)n(C)c1=O. The lowest BCUT2D eigenvalue weighted by atomic mass is 9.96. The first-order valence-electron chi connectivity index (χ1n) is 7.72. The van der Waals surface area contributed by atoms with Gasteiger partial charge < -0.3 is 9.67 Å². The van der Waals surface area contributed by atoms with Crippen molar-refractivity contribution in [1.82, 2.24) is 13.4 Å². The number of carboxylic acids is 1. The molecular weight excluding hydrogens is 362 g/mol. The first-order valence-corrected chi connectivity index (χ1v) is 9.16. The third-order valence-electron chi connectivity index (χ3n) is 4.49. The third kappa shape index (κ3) is 2.76. The Morgan fingerprint density at radius 3 is 2.38 bits per heavy atom. The fourth-order valence-corrected chi connectivity index (χ4v) is 4.75. The van der Waals surface area contributed by atoms with Gasteiger partial charge in [-0.15, -0.1) is 0 Å². The van der Waals surface area contributed by atoms with Crippen molar-refractivity contribution in [2.75, 3.05) is 0 Å². The molecule has 3 rings (SSSR count). The van der Waals surface area contributed by atoms with E-state index in [1.165, 1.54) is 14.1 Å². The molecule has 10 heteroatoms. The number of benzene rings is 1. The number of sulfonamides is 1. The molecule has 0 radical (unpaired) electrons. The highest BCUT2D eigenvalue weighted by atomic mass is 32.2. The van der Waals surface area contributed by atoms with Crippen LogP contribution in [0.1, 0.15) is 11.1 Å². The van der Waals surface area contributed by atoms with Gasteiger partial charge in [0.2, 0.25) is 0 Å². The highest BCUT2D eigenvalue weighted by Gasteiger charge is 2.41. The monoisotopic (exact) mass is 379 g/mol. The average molecular weight is 379 g/mol. The number of rotatable bonds is 3. The average Bonchev–Trinajstić information content (AvgIpc) is 2.61. The minimum atomic E-state index is -4.43. The van der Waals surface area contributed by atoms with E-state index in [0.29, 0.717) is 10.1 Å². The Balaban J connectivity index is 2.19. The van der Waals surface area contributed by atoms with Gasteiger partial charge in [-0.25, -0.2) is 13.2 Å². The van der Waals surface area contributed by atoms with Crippen LogP contribution in [0.15, 0.2) is 44.9 Å². The molecule has 0 bridgehead atoms. The van der Waals surface area contributed by atoms with Gasteiger partial charge in [-0.3, -0.25) is 14.2 Å². The molecule has 1 N–H and O–H groups in total. The van der Waals surface area contributed by atoms with E-state index in [2.05, 4.69) is 0 Å². The van der Waals surface area contributed by atoms with E-state index in [-0.39, 0.29) is 13.0 Å². The van der Waals surface area contributed by atoms with Crippen LogP contribution in [0.4, 0.5) is 0 Å². The van der Waals surface area contributed by atoms with Crippen LogP contribution in [0.2, 0.25) is 0 Å². The molecule has 0 fully saturated rings. The quantitative estimate of drug-likeness (QED) is 0.752. The van der Waals surface area contributed by atoms with Crippen LogP contribution in [0.3, 0.4) is 0 Å². The van der Waals surface area contributed by atoms with Gasteiger partial charge in [0.25, 0.3) is 15.6 Å². The largest absolute Gasteiger partial charge is 0.480 e. The lowest BCUT2D eigenvalue weighted by Crippen LogP contribution is -2.50. The minimum absolute atomic E-state index is 0.00316. The first kappa shape index (κ1) is 18.1. The number of nitrogens with zero attached hydrogens (tertiary/aromatic N) is 3. The normalized spacial score (nSPS) is 17.7. The van der Waals surface area contributed by atoms with Crippen LogP contribution < -0.4 is 11.2 Å². The van der Waals surface area contributed by atoms with Crippen LogP contribution in [-0.2, 0) is 41.9 Å². The van der Waals surface area contributed by atoms with Crippen molar-refractivity contribution in [2.45, 2.75) is 23.9 Å². The van der Waals surface area contributed by atoms with E-state index in [4.69, 9.17) is 0 Å². The Morgan fingerprint density at radius 1 is 1.15 bits per heavy atom. The standard InChI is InChI=1S/C16H17N3O6S/c1-17-9-13(14(20)18(2)16(17)23)26(24,25)19-8-11-6-4-3-5-10(11)7-12(19)15(21)22/h3-6,9,12H,7-8H2,1-2H3,(H,21,22)/t12-/m1/s1. The Bertz CT molecular complexity index is 1120. The number of fused-ring (bicyclic) bond motifs is 1. The zero-order valence-electron chi connectivity index (χ0n) is 14.1. The second kappa shape index (κ2) is 6.22. The zero-order chi connectivity index (χ0) is 19.2. The smallest absolute Gasteiger partial charge is 0.330 e. The second-order valence-electron chi connectivity index (χ2n) is 6.13. The van der Waals surface area contributed by atoms with Crippen LogP contribution in [0.5, 0.6) is 0 Å². The summed E-state index contributed by atoms with van der Waals surface area (Å²) >= 11 is 0. The Labute approximate surface area is 148 Å².